The van der Waals surface area contributed by atoms with Gasteiger partial charge in [-0.2, -0.15) is 0 Å². The number of fused-ring (bicyclic) bond motifs is 2. The summed E-state index contributed by atoms with van der Waals surface area (Å²) in [4.78, 5) is 20.2. The van der Waals surface area contributed by atoms with Crippen molar-refractivity contribution >= 4 is 22.6 Å². The monoisotopic (exact) mass is 422 g/mol. The Bertz CT molecular complexity index is 1450. The summed E-state index contributed by atoms with van der Waals surface area (Å²) in [6.45, 7) is 2.70. The number of benzene rings is 2. The van der Waals surface area contributed by atoms with Crippen LogP contribution in [0.4, 0.5) is 0 Å². The fourth-order valence-electron chi connectivity index (χ4n) is 4.77. The number of carbonyl (C=O) groups is 1. The van der Waals surface area contributed by atoms with Crippen LogP contribution in [0.1, 0.15) is 40.9 Å². The van der Waals surface area contributed by atoms with E-state index in [0.717, 1.165) is 46.9 Å². The Morgan fingerprint density at radius 1 is 1.00 bits per heavy atom. The van der Waals surface area contributed by atoms with Gasteiger partial charge >= 0.3 is 0 Å². The molecule has 1 aliphatic rings. The standard InChI is InChI=1S/C25H22N6O/c1-17-26-20-16-18(12-13-21(20)31(17)19-8-3-2-4-9-19)25(32)29-15-7-10-22(29)24-28-27-23-11-5-6-14-30(23)24/h2-6,8-9,11-14,16,22H,7,10,15H2,1H3. The second-order valence-corrected chi connectivity index (χ2v) is 8.18. The molecule has 2 aromatic carbocycles. The van der Waals surface area contributed by atoms with Crippen molar-refractivity contribution in [3.05, 3.63) is 90.1 Å². The van der Waals surface area contributed by atoms with Gasteiger partial charge in [-0.25, -0.2) is 4.98 Å². The van der Waals surface area contributed by atoms with Crippen LogP contribution in [0.3, 0.4) is 0 Å². The largest absolute Gasteiger partial charge is 0.328 e. The van der Waals surface area contributed by atoms with Crippen LogP contribution in [-0.2, 0) is 0 Å². The Morgan fingerprint density at radius 2 is 1.84 bits per heavy atom. The van der Waals surface area contributed by atoms with Crippen molar-refractivity contribution in [2.45, 2.75) is 25.8 Å². The molecular weight excluding hydrogens is 400 g/mol. The number of carbonyl (C=O) groups excluding carboxylic acids is 1. The highest BCUT2D eigenvalue weighted by Gasteiger charge is 2.34. The molecule has 1 saturated heterocycles. The Kier molecular flexibility index (Phi) is 4.28. The van der Waals surface area contributed by atoms with E-state index in [2.05, 4.69) is 26.9 Å². The predicted molar refractivity (Wildman–Crippen MR) is 122 cm³/mol. The fourth-order valence-corrected chi connectivity index (χ4v) is 4.77. The first-order chi connectivity index (χ1) is 15.7. The van der Waals surface area contributed by atoms with Crippen molar-refractivity contribution < 1.29 is 4.79 Å². The van der Waals surface area contributed by atoms with Gasteiger partial charge in [-0.3, -0.25) is 13.8 Å². The lowest BCUT2D eigenvalue weighted by molar-refractivity contribution is 0.0729. The first kappa shape index (κ1) is 18.7. The molecule has 6 rings (SSSR count). The zero-order valence-corrected chi connectivity index (χ0v) is 17.7. The highest BCUT2D eigenvalue weighted by atomic mass is 16.2. The molecule has 158 valence electrons. The molecule has 4 heterocycles. The lowest BCUT2D eigenvalue weighted by Gasteiger charge is -2.23. The maximum absolute atomic E-state index is 13.5. The van der Waals surface area contributed by atoms with Gasteiger partial charge in [0, 0.05) is 24.0 Å². The highest BCUT2D eigenvalue weighted by molar-refractivity contribution is 5.98. The SMILES string of the molecule is Cc1nc2cc(C(=O)N3CCCC3c3nnc4ccccn34)ccc2n1-c1ccccc1. The van der Waals surface area contributed by atoms with Crippen LogP contribution in [-0.4, -0.2) is 41.5 Å². The summed E-state index contributed by atoms with van der Waals surface area (Å²) in [5, 5.41) is 8.68. The summed E-state index contributed by atoms with van der Waals surface area (Å²) >= 11 is 0. The van der Waals surface area contributed by atoms with Gasteiger partial charge in [-0.15, -0.1) is 10.2 Å². The minimum Gasteiger partial charge on any atom is -0.328 e. The van der Waals surface area contributed by atoms with Crippen molar-refractivity contribution in [2.24, 2.45) is 0 Å². The molecule has 0 aliphatic carbocycles. The lowest BCUT2D eigenvalue weighted by atomic mass is 10.1. The Morgan fingerprint density at radius 3 is 2.72 bits per heavy atom. The molecule has 0 radical (unpaired) electrons. The van der Waals surface area contributed by atoms with Crippen molar-refractivity contribution in [3.63, 3.8) is 0 Å². The molecule has 1 amide bonds. The van der Waals surface area contributed by atoms with E-state index in [0.29, 0.717) is 12.1 Å². The number of aryl methyl sites for hydroxylation is 1. The summed E-state index contributed by atoms with van der Waals surface area (Å²) in [5.74, 6) is 1.72. The molecule has 1 unspecified atom stereocenters. The van der Waals surface area contributed by atoms with E-state index in [1.807, 2.05) is 77.0 Å². The van der Waals surface area contributed by atoms with E-state index in [9.17, 15) is 4.79 Å². The van der Waals surface area contributed by atoms with E-state index in [4.69, 9.17) is 4.98 Å². The third-order valence-electron chi connectivity index (χ3n) is 6.24. The van der Waals surface area contributed by atoms with Gasteiger partial charge in [-0.05, 0) is 62.2 Å². The van der Waals surface area contributed by atoms with Gasteiger partial charge in [-0.1, -0.05) is 24.3 Å². The molecule has 0 N–H and O–H groups in total. The number of likely N-dealkylation sites (tertiary alicyclic amines) is 1. The highest BCUT2D eigenvalue weighted by Crippen LogP contribution is 2.33. The van der Waals surface area contributed by atoms with Crippen LogP contribution in [0.15, 0.2) is 72.9 Å². The fraction of sp³-hybridized carbons (Fsp3) is 0.200. The average molecular weight is 422 g/mol. The molecular formula is C25H22N6O. The molecule has 5 aromatic rings. The van der Waals surface area contributed by atoms with Crippen LogP contribution in [0.25, 0.3) is 22.4 Å². The van der Waals surface area contributed by atoms with Crippen LogP contribution < -0.4 is 0 Å². The van der Waals surface area contributed by atoms with Crippen molar-refractivity contribution in [1.82, 2.24) is 29.0 Å². The Balaban J connectivity index is 1.36. The zero-order chi connectivity index (χ0) is 21.7. The number of aromatic nitrogens is 5. The zero-order valence-electron chi connectivity index (χ0n) is 17.7. The number of hydrogen-bond acceptors (Lipinski definition) is 4. The van der Waals surface area contributed by atoms with Crippen molar-refractivity contribution in [3.8, 4) is 5.69 Å². The van der Waals surface area contributed by atoms with Gasteiger partial charge < -0.3 is 4.90 Å². The summed E-state index contributed by atoms with van der Waals surface area (Å²) in [7, 11) is 0. The third-order valence-corrected chi connectivity index (χ3v) is 6.24. The molecule has 1 fully saturated rings. The summed E-state index contributed by atoms with van der Waals surface area (Å²) in [6, 6.07) is 21.7. The maximum Gasteiger partial charge on any atom is 0.254 e. The van der Waals surface area contributed by atoms with Crippen LogP contribution in [0, 0.1) is 6.92 Å². The van der Waals surface area contributed by atoms with Crippen LogP contribution >= 0.6 is 0 Å². The lowest BCUT2D eigenvalue weighted by Crippen LogP contribution is -2.31. The van der Waals surface area contributed by atoms with Gasteiger partial charge in [0.25, 0.3) is 5.91 Å². The van der Waals surface area contributed by atoms with Gasteiger partial charge in [0.05, 0.1) is 17.1 Å². The van der Waals surface area contributed by atoms with E-state index < -0.39 is 0 Å². The Labute approximate surface area is 184 Å². The molecule has 0 bridgehead atoms. The van der Waals surface area contributed by atoms with Crippen molar-refractivity contribution in [1.29, 1.82) is 0 Å². The van der Waals surface area contributed by atoms with E-state index in [1.165, 1.54) is 0 Å². The van der Waals surface area contributed by atoms with Crippen molar-refractivity contribution in [2.75, 3.05) is 6.54 Å². The minimum absolute atomic E-state index is 0.00833. The molecule has 0 saturated carbocycles. The summed E-state index contributed by atoms with van der Waals surface area (Å²) in [6.07, 6.45) is 3.78. The number of pyridine rings is 1. The van der Waals surface area contributed by atoms with Gasteiger partial charge in [0.1, 0.15) is 5.82 Å². The van der Waals surface area contributed by atoms with Gasteiger partial charge in [0.15, 0.2) is 11.5 Å². The number of hydrogen-bond donors (Lipinski definition) is 0. The smallest absolute Gasteiger partial charge is 0.254 e. The number of nitrogens with zero attached hydrogens (tertiary/aromatic N) is 6. The van der Waals surface area contributed by atoms with Crippen LogP contribution in [0.5, 0.6) is 0 Å². The summed E-state index contributed by atoms with van der Waals surface area (Å²) < 4.78 is 4.09. The first-order valence-electron chi connectivity index (χ1n) is 10.9. The third kappa shape index (κ3) is 2.89. The molecule has 7 heteroatoms. The number of imidazole rings is 1. The number of amides is 1. The van der Waals surface area contributed by atoms with E-state index in [1.54, 1.807) is 0 Å². The predicted octanol–water partition coefficient (Wildman–Crippen LogP) is 4.35. The van der Waals surface area contributed by atoms with E-state index >= 15 is 0 Å². The average Bonchev–Trinajstić information content (AvgIpc) is 3.54. The second kappa shape index (κ2) is 7.30. The molecule has 7 nitrogen and oxygen atoms in total. The molecule has 0 spiro atoms. The molecule has 1 atom stereocenters. The Hall–Kier alpha value is -4.00. The number of para-hydroxylation sites is 1. The normalized spacial score (nSPS) is 16.3. The molecule has 32 heavy (non-hydrogen) atoms. The first-order valence-corrected chi connectivity index (χ1v) is 10.9. The van der Waals surface area contributed by atoms with Crippen LogP contribution in [0.2, 0.25) is 0 Å². The topological polar surface area (TPSA) is 68.3 Å². The second-order valence-electron chi connectivity index (χ2n) is 8.18. The van der Waals surface area contributed by atoms with Gasteiger partial charge in [0.2, 0.25) is 0 Å². The minimum atomic E-state index is -0.0841. The molecule has 1 aliphatic heterocycles. The maximum atomic E-state index is 13.5. The van der Waals surface area contributed by atoms with E-state index in [-0.39, 0.29) is 11.9 Å². The number of rotatable bonds is 3. The summed E-state index contributed by atoms with van der Waals surface area (Å²) in [5.41, 5.74) is 4.32. The molecule has 3 aromatic heterocycles. The quantitative estimate of drug-likeness (QED) is 0.433.